The monoisotopic (exact) mass is 345 g/mol. The Kier molecular flexibility index (Phi) is 3.94. The third-order valence-electron chi connectivity index (χ3n) is 3.24. The number of oxazole rings is 1. The van der Waals surface area contributed by atoms with Gasteiger partial charge in [0.1, 0.15) is 5.52 Å². The summed E-state index contributed by atoms with van der Waals surface area (Å²) in [6.45, 7) is 1.47. The quantitative estimate of drug-likeness (QED) is 0.730. The van der Waals surface area contributed by atoms with E-state index in [2.05, 4.69) is 37.9 Å². The number of anilines is 1. The van der Waals surface area contributed by atoms with Crippen molar-refractivity contribution in [2.45, 2.75) is 13.1 Å². The van der Waals surface area contributed by atoms with E-state index in [0.29, 0.717) is 18.1 Å². The first-order chi connectivity index (χ1) is 10.1. The largest absolute Gasteiger partial charge is 0.439 e. The minimum atomic E-state index is 0.640. The number of rotatable bonds is 4. The highest BCUT2D eigenvalue weighted by Crippen LogP contribution is 2.22. The highest BCUT2D eigenvalue weighted by Gasteiger charge is 2.10. The lowest BCUT2D eigenvalue weighted by Gasteiger charge is -2.14. The molecule has 0 spiro atoms. The van der Waals surface area contributed by atoms with Crippen molar-refractivity contribution in [1.82, 2.24) is 9.88 Å². The van der Waals surface area contributed by atoms with Crippen LogP contribution in [0.2, 0.25) is 0 Å². The molecule has 0 aliphatic carbocycles. The van der Waals surface area contributed by atoms with Crippen LogP contribution in [0.1, 0.15) is 11.5 Å². The molecule has 0 unspecified atom stereocenters. The van der Waals surface area contributed by atoms with Gasteiger partial charge in [-0.3, -0.25) is 4.90 Å². The van der Waals surface area contributed by atoms with Crippen LogP contribution in [0.15, 0.2) is 51.4 Å². The minimum Gasteiger partial charge on any atom is -0.439 e. The van der Waals surface area contributed by atoms with Crippen LogP contribution in [0, 0.1) is 0 Å². The van der Waals surface area contributed by atoms with E-state index in [1.54, 1.807) is 0 Å². The third-order valence-corrected chi connectivity index (χ3v) is 3.73. The standard InChI is InChI=1S/C16H16BrN3O/c1-20(9-11-4-2-5-12(17)8-11)10-15-19-16-13(18)6-3-7-14(16)21-15/h2-8H,9-10,18H2,1H3. The zero-order valence-corrected chi connectivity index (χ0v) is 13.3. The fourth-order valence-corrected chi connectivity index (χ4v) is 2.76. The average molecular weight is 346 g/mol. The van der Waals surface area contributed by atoms with Crippen LogP contribution in [0.3, 0.4) is 0 Å². The summed E-state index contributed by atoms with van der Waals surface area (Å²) in [7, 11) is 2.04. The number of hydrogen-bond donors (Lipinski definition) is 1. The van der Waals surface area contributed by atoms with Crippen molar-refractivity contribution in [1.29, 1.82) is 0 Å². The Labute approximate surface area is 131 Å². The summed E-state index contributed by atoms with van der Waals surface area (Å²) >= 11 is 3.49. The van der Waals surface area contributed by atoms with Crippen LogP contribution in [-0.4, -0.2) is 16.9 Å². The van der Waals surface area contributed by atoms with E-state index in [1.807, 2.05) is 37.4 Å². The molecule has 2 N–H and O–H groups in total. The van der Waals surface area contributed by atoms with Crippen LogP contribution >= 0.6 is 15.9 Å². The van der Waals surface area contributed by atoms with Crippen molar-refractivity contribution in [2.75, 3.05) is 12.8 Å². The Hall–Kier alpha value is -1.85. The molecule has 0 radical (unpaired) electrons. The van der Waals surface area contributed by atoms with Gasteiger partial charge in [-0.15, -0.1) is 0 Å². The number of hydrogen-bond acceptors (Lipinski definition) is 4. The van der Waals surface area contributed by atoms with E-state index < -0.39 is 0 Å². The van der Waals surface area contributed by atoms with Crippen LogP contribution < -0.4 is 5.73 Å². The van der Waals surface area contributed by atoms with Crippen molar-refractivity contribution in [2.24, 2.45) is 0 Å². The van der Waals surface area contributed by atoms with Crippen molar-refractivity contribution in [3.63, 3.8) is 0 Å². The fraction of sp³-hybridized carbons (Fsp3) is 0.188. The molecule has 0 fully saturated rings. The molecule has 21 heavy (non-hydrogen) atoms. The van der Waals surface area contributed by atoms with Gasteiger partial charge in [0, 0.05) is 11.0 Å². The SMILES string of the molecule is CN(Cc1cccc(Br)c1)Cc1nc2c(N)cccc2o1. The second kappa shape index (κ2) is 5.87. The third kappa shape index (κ3) is 3.25. The van der Waals surface area contributed by atoms with Crippen LogP contribution in [0.5, 0.6) is 0 Å². The summed E-state index contributed by atoms with van der Waals surface area (Å²) < 4.78 is 6.83. The number of para-hydroxylation sites is 1. The molecule has 0 saturated heterocycles. The molecule has 0 amide bonds. The molecule has 3 rings (SSSR count). The van der Waals surface area contributed by atoms with Gasteiger partial charge in [0.15, 0.2) is 5.58 Å². The maximum Gasteiger partial charge on any atom is 0.209 e. The number of benzene rings is 2. The lowest BCUT2D eigenvalue weighted by Crippen LogP contribution is -2.17. The molecule has 4 nitrogen and oxygen atoms in total. The zero-order chi connectivity index (χ0) is 14.8. The smallest absolute Gasteiger partial charge is 0.209 e. The molecule has 0 atom stereocenters. The van der Waals surface area contributed by atoms with E-state index in [-0.39, 0.29) is 0 Å². The number of aromatic nitrogens is 1. The van der Waals surface area contributed by atoms with Gasteiger partial charge in [-0.1, -0.05) is 34.1 Å². The molecule has 0 bridgehead atoms. The van der Waals surface area contributed by atoms with Crippen molar-refractivity contribution in [3.8, 4) is 0 Å². The van der Waals surface area contributed by atoms with Gasteiger partial charge >= 0.3 is 0 Å². The van der Waals surface area contributed by atoms with Crippen molar-refractivity contribution in [3.05, 3.63) is 58.4 Å². The Balaban J connectivity index is 1.74. The first kappa shape index (κ1) is 14.1. The highest BCUT2D eigenvalue weighted by atomic mass is 79.9. The number of fused-ring (bicyclic) bond motifs is 1. The highest BCUT2D eigenvalue weighted by molar-refractivity contribution is 9.10. The average Bonchev–Trinajstić information content (AvgIpc) is 2.82. The fourth-order valence-electron chi connectivity index (χ4n) is 2.32. The molecule has 1 aromatic heterocycles. The Bertz CT molecular complexity index is 769. The first-order valence-electron chi connectivity index (χ1n) is 6.69. The molecular weight excluding hydrogens is 330 g/mol. The minimum absolute atomic E-state index is 0.640. The number of nitrogen functional groups attached to an aromatic ring is 1. The summed E-state index contributed by atoms with van der Waals surface area (Å²) in [6, 6.07) is 13.9. The van der Waals surface area contributed by atoms with E-state index in [9.17, 15) is 0 Å². The van der Waals surface area contributed by atoms with Gasteiger partial charge in [0.05, 0.1) is 12.2 Å². The lowest BCUT2D eigenvalue weighted by molar-refractivity contribution is 0.285. The maximum absolute atomic E-state index is 5.90. The van der Waals surface area contributed by atoms with Crippen molar-refractivity contribution >= 4 is 32.7 Å². The van der Waals surface area contributed by atoms with Gasteiger partial charge in [-0.2, -0.15) is 0 Å². The first-order valence-corrected chi connectivity index (χ1v) is 7.48. The molecule has 2 aromatic carbocycles. The van der Waals surface area contributed by atoms with Gasteiger partial charge < -0.3 is 10.2 Å². The summed E-state index contributed by atoms with van der Waals surface area (Å²) in [5.74, 6) is 0.681. The van der Waals surface area contributed by atoms with Gasteiger partial charge in [0.2, 0.25) is 5.89 Å². The van der Waals surface area contributed by atoms with Crippen molar-refractivity contribution < 1.29 is 4.42 Å². The van der Waals surface area contributed by atoms with Crippen LogP contribution in [-0.2, 0) is 13.1 Å². The van der Waals surface area contributed by atoms with Gasteiger partial charge in [-0.05, 0) is 36.9 Å². The predicted molar refractivity (Wildman–Crippen MR) is 87.7 cm³/mol. The van der Waals surface area contributed by atoms with Crippen LogP contribution in [0.25, 0.3) is 11.1 Å². The number of nitrogens with two attached hydrogens (primary N) is 1. The van der Waals surface area contributed by atoms with E-state index in [4.69, 9.17) is 10.2 Å². The zero-order valence-electron chi connectivity index (χ0n) is 11.7. The molecule has 0 saturated carbocycles. The number of nitrogens with zero attached hydrogens (tertiary/aromatic N) is 2. The second-order valence-electron chi connectivity index (χ2n) is 5.10. The molecule has 0 aliphatic heterocycles. The van der Waals surface area contributed by atoms with E-state index in [1.165, 1.54) is 5.56 Å². The summed E-state index contributed by atoms with van der Waals surface area (Å²) in [4.78, 5) is 6.62. The molecule has 5 heteroatoms. The Morgan fingerprint density at radius 1 is 1.19 bits per heavy atom. The van der Waals surface area contributed by atoms with Gasteiger partial charge in [-0.25, -0.2) is 4.98 Å². The van der Waals surface area contributed by atoms with E-state index in [0.717, 1.165) is 22.1 Å². The second-order valence-corrected chi connectivity index (χ2v) is 6.02. The topological polar surface area (TPSA) is 55.3 Å². The van der Waals surface area contributed by atoms with E-state index >= 15 is 0 Å². The molecule has 108 valence electrons. The summed E-state index contributed by atoms with van der Waals surface area (Å²) in [5, 5.41) is 0. The number of halogens is 1. The molecule has 3 aromatic rings. The normalized spacial score (nSPS) is 11.4. The maximum atomic E-state index is 5.90. The molecule has 1 heterocycles. The molecule has 0 aliphatic rings. The molecular formula is C16H16BrN3O. The van der Waals surface area contributed by atoms with Crippen LogP contribution in [0.4, 0.5) is 5.69 Å². The summed E-state index contributed by atoms with van der Waals surface area (Å²) in [5.41, 5.74) is 9.26. The predicted octanol–water partition coefficient (Wildman–Crippen LogP) is 3.80. The van der Waals surface area contributed by atoms with Gasteiger partial charge in [0.25, 0.3) is 0 Å². The summed E-state index contributed by atoms with van der Waals surface area (Å²) in [6.07, 6.45) is 0. The Morgan fingerprint density at radius 3 is 2.76 bits per heavy atom. The Morgan fingerprint density at radius 2 is 2.00 bits per heavy atom. The lowest BCUT2D eigenvalue weighted by atomic mass is 10.2.